The third kappa shape index (κ3) is 2.43. The van der Waals surface area contributed by atoms with E-state index in [4.69, 9.17) is 0 Å². The number of aliphatic hydroxyl groups excluding tert-OH is 1. The van der Waals surface area contributed by atoms with Crippen molar-refractivity contribution >= 4 is 17.0 Å². The first kappa shape index (κ1) is 11.2. The lowest BCUT2D eigenvalue weighted by molar-refractivity contribution is 0.277. The molecule has 0 amide bonds. The highest BCUT2D eigenvalue weighted by molar-refractivity contribution is 7.10. The first-order chi connectivity index (χ1) is 7.81. The molecule has 0 radical (unpaired) electrons. The maximum atomic E-state index is 9.43. The molecule has 2 nitrogen and oxygen atoms in total. The molecule has 2 N–H and O–H groups in total. The Bertz CT molecular complexity index is 438. The Balaban J connectivity index is 2.16. The van der Waals surface area contributed by atoms with Gasteiger partial charge in [0, 0.05) is 10.6 Å². The number of rotatable bonds is 4. The summed E-state index contributed by atoms with van der Waals surface area (Å²) in [6.07, 6.45) is 0. The number of aliphatic hydroxyl groups is 1. The standard InChI is InChI=1S/C13H15NOS/c1-10-7-8-16-13(10)12(9-15)14-11-5-3-2-4-6-11/h2-8,12,14-15H,9H2,1H3. The van der Waals surface area contributed by atoms with Crippen LogP contribution in [0, 0.1) is 6.92 Å². The third-order valence-electron chi connectivity index (χ3n) is 2.52. The van der Waals surface area contributed by atoms with Crippen LogP contribution in [0.5, 0.6) is 0 Å². The SMILES string of the molecule is Cc1ccsc1C(CO)Nc1ccccc1. The summed E-state index contributed by atoms with van der Waals surface area (Å²) >= 11 is 1.68. The van der Waals surface area contributed by atoms with Gasteiger partial charge in [-0.15, -0.1) is 11.3 Å². The van der Waals surface area contributed by atoms with Crippen molar-refractivity contribution in [1.29, 1.82) is 0 Å². The molecule has 0 aliphatic heterocycles. The van der Waals surface area contributed by atoms with Crippen LogP contribution in [-0.4, -0.2) is 11.7 Å². The maximum absolute atomic E-state index is 9.43. The summed E-state index contributed by atoms with van der Waals surface area (Å²) in [5.41, 5.74) is 2.27. The minimum absolute atomic E-state index is 0.0117. The van der Waals surface area contributed by atoms with E-state index < -0.39 is 0 Å². The van der Waals surface area contributed by atoms with Gasteiger partial charge in [0.05, 0.1) is 12.6 Å². The van der Waals surface area contributed by atoms with Gasteiger partial charge in [0.15, 0.2) is 0 Å². The molecule has 0 bridgehead atoms. The molecule has 3 heteroatoms. The summed E-state index contributed by atoms with van der Waals surface area (Å²) in [5.74, 6) is 0. The molecule has 16 heavy (non-hydrogen) atoms. The van der Waals surface area contributed by atoms with Crippen LogP contribution in [0.15, 0.2) is 41.8 Å². The summed E-state index contributed by atoms with van der Waals surface area (Å²) < 4.78 is 0. The second-order valence-corrected chi connectivity index (χ2v) is 4.66. The molecule has 0 aliphatic carbocycles. The van der Waals surface area contributed by atoms with Crippen LogP contribution in [0.1, 0.15) is 16.5 Å². The third-order valence-corrected chi connectivity index (χ3v) is 3.65. The molecule has 0 aliphatic rings. The van der Waals surface area contributed by atoms with E-state index in [1.165, 1.54) is 10.4 Å². The fourth-order valence-corrected chi connectivity index (χ4v) is 2.64. The zero-order valence-corrected chi connectivity index (χ0v) is 10.00. The second kappa shape index (κ2) is 5.14. The molecule has 0 saturated carbocycles. The average molecular weight is 233 g/mol. The molecule has 1 unspecified atom stereocenters. The van der Waals surface area contributed by atoms with Gasteiger partial charge in [-0.2, -0.15) is 0 Å². The van der Waals surface area contributed by atoms with Gasteiger partial charge in [0.2, 0.25) is 0 Å². The van der Waals surface area contributed by atoms with E-state index in [1.54, 1.807) is 11.3 Å². The van der Waals surface area contributed by atoms with E-state index in [1.807, 2.05) is 30.3 Å². The Morgan fingerprint density at radius 2 is 2.00 bits per heavy atom. The number of hydrogen-bond acceptors (Lipinski definition) is 3. The number of nitrogens with one attached hydrogen (secondary N) is 1. The smallest absolute Gasteiger partial charge is 0.0840 e. The predicted octanol–water partition coefficient (Wildman–Crippen LogP) is 3.20. The Morgan fingerprint density at radius 3 is 2.56 bits per heavy atom. The van der Waals surface area contributed by atoms with Crippen LogP contribution in [0.4, 0.5) is 5.69 Å². The Hall–Kier alpha value is -1.32. The topological polar surface area (TPSA) is 32.3 Å². The van der Waals surface area contributed by atoms with Crippen molar-refractivity contribution in [1.82, 2.24) is 0 Å². The first-order valence-corrected chi connectivity index (χ1v) is 6.15. The van der Waals surface area contributed by atoms with E-state index in [0.29, 0.717) is 0 Å². The molecular weight excluding hydrogens is 218 g/mol. The summed E-state index contributed by atoms with van der Waals surface area (Å²) in [6, 6.07) is 12.0. The minimum atomic E-state index is -0.0117. The van der Waals surface area contributed by atoms with Gasteiger partial charge in [-0.3, -0.25) is 0 Å². The molecule has 1 aromatic heterocycles. The van der Waals surface area contributed by atoms with Crippen LogP contribution in [-0.2, 0) is 0 Å². The van der Waals surface area contributed by atoms with Gasteiger partial charge in [-0.05, 0) is 36.1 Å². The van der Waals surface area contributed by atoms with Crippen LogP contribution in [0.2, 0.25) is 0 Å². The molecule has 0 spiro atoms. The van der Waals surface area contributed by atoms with Crippen molar-refractivity contribution in [3.05, 3.63) is 52.2 Å². The number of aryl methyl sites for hydroxylation is 1. The highest BCUT2D eigenvalue weighted by Crippen LogP contribution is 2.26. The normalized spacial score (nSPS) is 12.4. The fraction of sp³-hybridized carbons (Fsp3) is 0.231. The van der Waals surface area contributed by atoms with Crippen molar-refractivity contribution in [2.45, 2.75) is 13.0 Å². The van der Waals surface area contributed by atoms with E-state index in [-0.39, 0.29) is 12.6 Å². The highest BCUT2D eigenvalue weighted by Gasteiger charge is 2.13. The molecule has 1 aromatic carbocycles. The van der Waals surface area contributed by atoms with E-state index >= 15 is 0 Å². The number of hydrogen-bond donors (Lipinski definition) is 2. The van der Waals surface area contributed by atoms with Gasteiger partial charge in [0.25, 0.3) is 0 Å². The summed E-state index contributed by atoms with van der Waals surface area (Å²) in [4.78, 5) is 1.20. The van der Waals surface area contributed by atoms with E-state index in [2.05, 4.69) is 23.7 Å². The second-order valence-electron chi connectivity index (χ2n) is 3.71. The van der Waals surface area contributed by atoms with Gasteiger partial charge in [-0.25, -0.2) is 0 Å². The number of thiophene rings is 1. The number of para-hydroxylation sites is 1. The Morgan fingerprint density at radius 1 is 1.25 bits per heavy atom. The van der Waals surface area contributed by atoms with Crippen LogP contribution in [0.3, 0.4) is 0 Å². The molecule has 0 fully saturated rings. The van der Waals surface area contributed by atoms with Gasteiger partial charge >= 0.3 is 0 Å². The van der Waals surface area contributed by atoms with Crippen molar-refractivity contribution in [3.8, 4) is 0 Å². The lowest BCUT2D eigenvalue weighted by Gasteiger charge is -2.17. The minimum Gasteiger partial charge on any atom is -0.394 e. The van der Waals surface area contributed by atoms with Crippen molar-refractivity contribution < 1.29 is 5.11 Å². The summed E-state index contributed by atoms with van der Waals surface area (Å²) in [6.45, 7) is 2.18. The first-order valence-electron chi connectivity index (χ1n) is 5.27. The molecule has 84 valence electrons. The lowest BCUT2D eigenvalue weighted by atomic mass is 10.1. The molecule has 2 rings (SSSR count). The Labute approximate surface area is 99.6 Å². The monoisotopic (exact) mass is 233 g/mol. The average Bonchev–Trinajstić information content (AvgIpc) is 2.74. The zero-order chi connectivity index (χ0) is 11.4. The quantitative estimate of drug-likeness (QED) is 0.850. The van der Waals surface area contributed by atoms with E-state index in [9.17, 15) is 5.11 Å². The molecule has 1 atom stereocenters. The highest BCUT2D eigenvalue weighted by atomic mass is 32.1. The zero-order valence-electron chi connectivity index (χ0n) is 9.18. The summed E-state index contributed by atoms with van der Waals surface area (Å²) in [5, 5.41) is 14.8. The molecule has 2 aromatic rings. The van der Waals surface area contributed by atoms with Crippen molar-refractivity contribution in [3.63, 3.8) is 0 Å². The molecule has 0 saturated heterocycles. The van der Waals surface area contributed by atoms with Gasteiger partial charge in [0.1, 0.15) is 0 Å². The van der Waals surface area contributed by atoms with Gasteiger partial charge < -0.3 is 10.4 Å². The molecule has 1 heterocycles. The van der Waals surface area contributed by atoms with Crippen molar-refractivity contribution in [2.75, 3.05) is 11.9 Å². The maximum Gasteiger partial charge on any atom is 0.0840 e. The van der Waals surface area contributed by atoms with Crippen LogP contribution in [0.25, 0.3) is 0 Å². The largest absolute Gasteiger partial charge is 0.394 e. The predicted molar refractivity (Wildman–Crippen MR) is 68.9 cm³/mol. The molecular formula is C13H15NOS. The lowest BCUT2D eigenvalue weighted by Crippen LogP contribution is -2.14. The fourth-order valence-electron chi connectivity index (χ4n) is 1.67. The van der Waals surface area contributed by atoms with Crippen molar-refractivity contribution in [2.24, 2.45) is 0 Å². The summed E-state index contributed by atoms with van der Waals surface area (Å²) in [7, 11) is 0. The van der Waals surface area contributed by atoms with Crippen LogP contribution >= 0.6 is 11.3 Å². The van der Waals surface area contributed by atoms with E-state index in [0.717, 1.165) is 5.69 Å². The van der Waals surface area contributed by atoms with Crippen LogP contribution < -0.4 is 5.32 Å². The number of anilines is 1. The Kier molecular flexibility index (Phi) is 3.59. The van der Waals surface area contributed by atoms with Gasteiger partial charge in [-0.1, -0.05) is 18.2 Å². The number of benzene rings is 1.